The highest BCUT2D eigenvalue weighted by Gasteiger charge is 2.40. The number of carbonyl (C=O) groups is 1. The first-order valence-corrected chi connectivity index (χ1v) is 13.0. The minimum absolute atomic E-state index is 0.0532. The fraction of sp³-hybridized carbons (Fsp3) is 0.385. The van der Waals surface area contributed by atoms with E-state index in [-0.39, 0.29) is 5.69 Å². The number of nitrogens with zero attached hydrogens (tertiary/aromatic N) is 4. The number of ether oxygens (including phenoxy) is 2. The van der Waals surface area contributed by atoms with Crippen molar-refractivity contribution in [2.24, 2.45) is 0 Å². The van der Waals surface area contributed by atoms with Gasteiger partial charge in [-0.1, -0.05) is 17.7 Å². The molecule has 3 aromatic rings. The van der Waals surface area contributed by atoms with E-state index in [1.54, 1.807) is 25.1 Å². The maximum atomic E-state index is 13.1. The highest BCUT2D eigenvalue weighted by Crippen LogP contribution is 2.36. The Morgan fingerprint density at radius 2 is 1.62 bits per heavy atom. The summed E-state index contributed by atoms with van der Waals surface area (Å²) in [4.78, 5) is 28.1. The molecule has 0 bridgehead atoms. The van der Waals surface area contributed by atoms with Gasteiger partial charge in [0.2, 0.25) is 11.9 Å². The van der Waals surface area contributed by atoms with Crippen molar-refractivity contribution in [3.05, 3.63) is 58.4 Å². The first-order valence-electron chi connectivity index (χ1n) is 12.6. The molecule has 3 heterocycles. The third kappa shape index (κ3) is 6.37. The van der Waals surface area contributed by atoms with E-state index >= 15 is 0 Å². The predicted octanol–water partition coefficient (Wildman–Crippen LogP) is 5.89. The van der Waals surface area contributed by atoms with Gasteiger partial charge in [-0.25, -0.2) is 4.79 Å². The van der Waals surface area contributed by atoms with E-state index in [0.717, 1.165) is 17.7 Å². The zero-order valence-electron chi connectivity index (χ0n) is 21.7. The number of urea groups is 1. The normalized spacial score (nSPS) is 16.7. The van der Waals surface area contributed by atoms with Gasteiger partial charge in [0.25, 0.3) is 0 Å². The Morgan fingerprint density at radius 1 is 0.975 bits per heavy atom. The fourth-order valence-electron chi connectivity index (χ4n) is 4.57. The lowest BCUT2D eigenvalue weighted by molar-refractivity contribution is -0.169. The summed E-state index contributed by atoms with van der Waals surface area (Å²) in [6, 6.07) is 7.55. The summed E-state index contributed by atoms with van der Waals surface area (Å²) >= 11 is 5.65. The van der Waals surface area contributed by atoms with Gasteiger partial charge in [0.05, 0.1) is 23.8 Å². The molecule has 1 spiro atoms. The van der Waals surface area contributed by atoms with Crippen molar-refractivity contribution >= 4 is 46.6 Å². The van der Waals surface area contributed by atoms with Gasteiger partial charge in [0.1, 0.15) is 5.82 Å². The molecule has 2 saturated heterocycles. The second-order valence-corrected chi connectivity index (χ2v) is 9.93. The van der Waals surface area contributed by atoms with E-state index in [1.165, 1.54) is 6.07 Å². The summed E-state index contributed by atoms with van der Waals surface area (Å²) in [7, 11) is 0. The lowest BCUT2D eigenvalue weighted by atomic mass is 10.0. The largest absolute Gasteiger partial charge is 0.417 e. The Bertz CT molecular complexity index is 1410. The molecule has 0 radical (unpaired) electrons. The number of halogens is 4. The van der Waals surface area contributed by atoms with Gasteiger partial charge in [-0.15, -0.1) is 0 Å². The quantitative estimate of drug-likeness (QED) is 0.344. The van der Waals surface area contributed by atoms with Crippen LogP contribution in [0.25, 0.3) is 0 Å². The van der Waals surface area contributed by atoms with Crippen LogP contribution < -0.4 is 20.9 Å². The molecule has 14 heteroatoms. The molecule has 2 aliphatic rings. The number of aryl methyl sites for hydroxylation is 2. The molecule has 10 nitrogen and oxygen atoms in total. The number of carbonyl (C=O) groups excluding carboxylic acids is 1. The number of anilines is 5. The SMILES string of the molecule is Cc1nc(Nc2cc(NC(=O)Nc3ccc(Cl)c(C(F)(F)F)c3)ccc2C)nc(N2CCC3(CC2)OCCO3)n1. The third-order valence-corrected chi connectivity index (χ3v) is 6.96. The molecule has 2 aromatic carbocycles. The van der Waals surface area contributed by atoms with Crippen LogP contribution in [0.3, 0.4) is 0 Å². The van der Waals surface area contributed by atoms with Crippen LogP contribution in [0.4, 0.5) is 46.9 Å². The van der Waals surface area contributed by atoms with Gasteiger partial charge >= 0.3 is 12.2 Å². The summed E-state index contributed by atoms with van der Waals surface area (Å²) in [6.45, 7) is 6.21. The van der Waals surface area contributed by atoms with Crippen LogP contribution in [0.1, 0.15) is 29.8 Å². The average Bonchev–Trinajstić information content (AvgIpc) is 3.34. The second kappa shape index (κ2) is 11.1. The van der Waals surface area contributed by atoms with Crippen LogP contribution in [0.15, 0.2) is 36.4 Å². The molecular formula is C26H27ClF3N7O3. The highest BCUT2D eigenvalue weighted by molar-refractivity contribution is 6.31. The van der Waals surface area contributed by atoms with E-state index in [1.807, 2.05) is 6.92 Å². The molecule has 3 N–H and O–H groups in total. The lowest BCUT2D eigenvalue weighted by Crippen LogP contribution is -2.45. The number of alkyl halides is 3. The van der Waals surface area contributed by atoms with Gasteiger partial charge < -0.3 is 30.3 Å². The summed E-state index contributed by atoms with van der Waals surface area (Å²) < 4.78 is 51.0. The van der Waals surface area contributed by atoms with Crippen LogP contribution in [0, 0.1) is 13.8 Å². The maximum Gasteiger partial charge on any atom is 0.417 e. The monoisotopic (exact) mass is 577 g/mol. The van der Waals surface area contributed by atoms with Gasteiger partial charge in [-0.05, 0) is 49.7 Å². The van der Waals surface area contributed by atoms with E-state index < -0.39 is 28.6 Å². The molecule has 2 aliphatic heterocycles. The summed E-state index contributed by atoms with van der Waals surface area (Å²) in [5.41, 5.74) is 0.797. The van der Waals surface area contributed by atoms with Crippen molar-refractivity contribution in [1.29, 1.82) is 0 Å². The Labute approximate surface area is 233 Å². The van der Waals surface area contributed by atoms with Crippen molar-refractivity contribution < 1.29 is 27.4 Å². The van der Waals surface area contributed by atoms with E-state index in [4.69, 9.17) is 21.1 Å². The smallest absolute Gasteiger partial charge is 0.347 e. The van der Waals surface area contributed by atoms with Gasteiger partial charge in [-0.3, -0.25) is 0 Å². The number of aromatic nitrogens is 3. The molecule has 2 amide bonds. The Kier molecular flexibility index (Phi) is 7.71. The van der Waals surface area contributed by atoms with Gasteiger partial charge in [0, 0.05) is 43.0 Å². The van der Waals surface area contributed by atoms with Crippen LogP contribution in [0.2, 0.25) is 5.02 Å². The first kappa shape index (κ1) is 27.9. The molecule has 0 aliphatic carbocycles. The molecule has 5 rings (SSSR count). The molecule has 40 heavy (non-hydrogen) atoms. The summed E-state index contributed by atoms with van der Waals surface area (Å²) in [5, 5.41) is 7.76. The molecule has 212 valence electrons. The molecule has 2 fully saturated rings. The number of piperidine rings is 1. The number of amides is 2. The molecule has 0 atom stereocenters. The minimum Gasteiger partial charge on any atom is -0.347 e. The van der Waals surface area contributed by atoms with Crippen molar-refractivity contribution in [2.75, 3.05) is 47.2 Å². The van der Waals surface area contributed by atoms with Crippen molar-refractivity contribution in [1.82, 2.24) is 15.0 Å². The van der Waals surface area contributed by atoms with Crippen molar-refractivity contribution in [2.45, 2.75) is 38.7 Å². The Balaban J connectivity index is 1.26. The third-order valence-electron chi connectivity index (χ3n) is 6.63. The molecule has 0 unspecified atom stereocenters. The average molecular weight is 578 g/mol. The number of benzene rings is 2. The molecular weight excluding hydrogens is 551 g/mol. The van der Waals surface area contributed by atoms with Crippen LogP contribution in [0.5, 0.6) is 0 Å². The maximum absolute atomic E-state index is 13.1. The van der Waals surface area contributed by atoms with Crippen molar-refractivity contribution in [3.63, 3.8) is 0 Å². The lowest BCUT2D eigenvalue weighted by Gasteiger charge is -2.37. The topological polar surface area (TPSA) is 114 Å². The molecule has 1 aromatic heterocycles. The Hall–Kier alpha value is -3.68. The van der Waals surface area contributed by atoms with Crippen LogP contribution >= 0.6 is 11.6 Å². The number of rotatable bonds is 5. The fourth-order valence-corrected chi connectivity index (χ4v) is 4.79. The number of hydrogen-bond acceptors (Lipinski definition) is 8. The summed E-state index contributed by atoms with van der Waals surface area (Å²) in [5.74, 6) is 0.899. The first-order chi connectivity index (χ1) is 19.0. The zero-order chi connectivity index (χ0) is 28.5. The number of nitrogens with one attached hydrogen (secondary N) is 3. The second-order valence-electron chi connectivity index (χ2n) is 9.53. The molecule has 0 saturated carbocycles. The van der Waals surface area contributed by atoms with Gasteiger partial charge in [-0.2, -0.15) is 28.1 Å². The Morgan fingerprint density at radius 3 is 2.30 bits per heavy atom. The van der Waals surface area contributed by atoms with Crippen molar-refractivity contribution in [3.8, 4) is 0 Å². The van der Waals surface area contributed by atoms with Crippen LogP contribution in [-0.2, 0) is 15.7 Å². The van der Waals surface area contributed by atoms with E-state index in [2.05, 4.69) is 35.8 Å². The standard InChI is InChI=1S/C26H27ClF3N7O3/c1-15-3-4-18(34-24(38)33-17-5-6-20(27)19(13-17)26(28,29)30)14-21(15)35-22-31-16(2)32-23(36-22)37-9-7-25(8-10-37)39-11-12-40-25/h3-6,13-14H,7-12H2,1-2H3,(H2,33,34,38)(H,31,32,35,36). The van der Waals surface area contributed by atoms with Gasteiger partial charge in [0.15, 0.2) is 5.79 Å². The van der Waals surface area contributed by atoms with E-state index in [0.29, 0.717) is 68.2 Å². The zero-order valence-corrected chi connectivity index (χ0v) is 22.5. The highest BCUT2D eigenvalue weighted by atomic mass is 35.5. The van der Waals surface area contributed by atoms with Crippen LogP contribution in [-0.4, -0.2) is 53.1 Å². The predicted molar refractivity (Wildman–Crippen MR) is 144 cm³/mol. The van der Waals surface area contributed by atoms with E-state index in [9.17, 15) is 18.0 Å². The summed E-state index contributed by atoms with van der Waals surface area (Å²) in [6.07, 6.45) is -3.23. The minimum atomic E-state index is -4.65. The number of hydrogen-bond donors (Lipinski definition) is 3.